The summed E-state index contributed by atoms with van der Waals surface area (Å²) in [5.74, 6) is 0.216. The number of halogens is 1. The fourth-order valence-electron chi connectivity index (χ4n) is 4.61. The van der Waals surface area contributed by atoms with E-state index in [-0.39, 0.29) is 12.1 Å². The van der Waals surface area contributed by atoms with Crippen LogP contribution in [0.25, 0.3) is 0 Å². The fraction of sp³-hybridized carbons (Fsp3) is 0.650. The van der Waals surface area contributed by atoms with Gasteiger partial charge >= 0.3 is 0 Å². The van der Waals surface area contributed by atoms with Crippen LogP contribution in [0.15, 0.2) is 22.7 Å². The summed E-state index contributed by atoms with van der Waals surface area (Å²) in [5, 5.41) is 6.88. The minimum absolute atomic E-state index is 0.172. The van der Waals surface area contributed by atoms with Gasteiger partial charge < -0.3 is 20.4 Å². The molecule has 0 spiro atoms. The topological polar surface area (TPSA) is 47.6 Å². The summed E-state index contributed by atoms with van der Waals surface area (Å²) in [6, 6.07) is 7.10. The van der Waals surface area contributed by atoms with Gasteiger partial charge in [-0.3, -0.25) is 4.79 Å². The van der Waals surface area contributed by atoms with Gasteiger partial charge in [0, 0.05) is 23.6 Å². The lowest BCUT2D eigenvalue weighted by molar-refractivity contribution is -0.132. The number of hydrogen-bond donors (Lipinski definition) is 2. The summed E-state index contributed by atoms with van der Waals surface area (Å²) >= 11 is 3.60. The van der Waals surface area contributed by atoms with Gasteiger partial charge in [0.25, 0.3) is 0 Å². The normalized spacial score (nSPS) is 24.8. The Morgan fingerprint density at radius 3 is 2.65 bits per heavy atom. The van der Waals surface area contributed by atoms with E-state index >= 15 is 0 Å². The molecule has 2 heterocycles. The third kappa shape index (κ3) is 3.86. The highest BCUT2D eigenvalue weighted by molar-refractivity contribution is 9.10. The highest BCUT2D eigenvalue weighted by Crippen LogP contribution is 2.40. The van der Waals surface area contributed by atoms with Gasteiger partial charge in [-0.05, 0) is 31.0 Å². The quantitative estimate of drug-likeness (QED) is 0.784. The molecule has 3 aliphatic rings. The lowest BCUT2D eigenvalue weighted by atomic mass is 9.95. The van der Waals surface area contributed by atoms with Gasteiger partial charge in [-0.2, -0.15) is 0 Å². The molecule has 1 unspecified atom stereocenters. The van der Waals surface area contributed by atoms with E-state index in [9.17, 15) is 4.79 Å². The van der Waals surface area contributed by atoms with Crippen molar-refractivity contribution in [2.24, 2.45) is 0 Å². The standard InChI is InChI=1S/C20H29BrN4O/c21-15-8-9-18-17(12-15)23-19(14-24-11-10-22-13-20(24)26)25(18)16-6-4-2-1-3-5-7-16/h8-9,12,16,19,22-23H,1-7,10-11,13-14H2. The minimum Gasteiger partial charge on any atom is -0.362 e. The molecule has 0 bridgehead atoms. The van der Waals surface area contributed by atoms with Crippen molar-refractivity contribution in [1.29, 1.82) is 0 Å². The Morgan fingerprint density at radius 2 is 1.88 bits per heavy atom. The molecule has 2 fully saturated rings. The third-order valence-electron chi connectivity index (χ3n) is 5.94. The zero-order valence-electron chi connectivity index (χ0n) is 15.3. The van der Waals surface area contributed by atoms with Gasteiger partial charge in [-0.25, -0.2) is 0 Å². The van der Waals surface area contributed by atoms with Crippen molar-refractivity contribution in [2.45, 2.75) is 57.2 Å². The maximum absolute atomic E-state index is 12.3. The average Bonchev–Trinajstić information content (AvgIpc) is 2.94. The maximum Gasteiger partial charge on any atom is 0.236 e. The molecule has 1 saturated carbocycles. The number of carbonyl (C=O) groups is 1. The van der Waals surface area contributed by atoms with Crippen molar-refractivity contribution in [3.63, 3.8) is 0 Å². The second-order valence-electron chi connectivity index (χ2n) is 7.74. The molecular weight excluding hydrogens is 392 g/mol. The van der Waals surface area contributed by atoms with Gasteiger partial charge in [0.1, 0.15) is 6.17 Å². The van der Waals surface area contributed by atoms with Gasteiger partial charge in [0.15, 0.2) is 0 Å². The van der Waals surface area contributed by atoms with E-state index in [1.165, 1.54) is 56.3 Å². The molecule has 0 aromatic heterocycles. The monoisotopic (exact) mass is 420 g/mol. The molecule has 1 aromatic rings. The second kappa shape index (κ2) is 8.17. The minimum atomic E-state index is 0.172. The molecule has 1 saturated heterocycles. The van der Waals surface area contributed by atoms with Gasteiger partial charge in [0.05, 0.1) is 24.5 Å². The maximum atomic E-state index is 12.3. The van der Waals surface area contributed by atoms with E-state index in [1.54, 1.807) is 0 Å². The second-order valence-corrected chi connectivity index (χ2v) is 8.66. The van der Waals surface area contributed by atoms with Gasteiger partial charge in [0.2, 0.25) is 5.91 Å². The largest absolute Gasteiger partial charge is 0.362 e. The summed E-state index contributed by atoms with van der Waals surface area (Å²) in [7, 11) is 0. The molecule has 1 atom stereocenters. The number of benzene rings is 1. The van der Waals surface area contributed by atoms with Crippen LogP contribution in [0, 0.1) is 0 Å². The number of fused-ring (bicyclic) bond motifs is 1. The van der Waals surface area contributed by atoms with Crippen molar-refractivity contribution in [3.8, 4) is 0 Å². The van der Waals surface area contributed by atoms with E-state index < -0.39 is 0 Å². The predicted molar refractivity (Wildman–Crippen MR) is 110 cm³/mol. The first-order valence-electron chi connectivity index (χ1n) is 10.1. The van der Waals surface area contributed by atoms with E-state index in [2.05, 4.69) is 49.7 Å². The smallest absolute Gasteiger partial charge is 0.236 e. The number of nitrogens with zero attached hydrogens (tertiary/aromatic N) is 2. The molecule has 6 heteroatoms. The van der Waals surface area contributed by atoms with E-state index in [0.29, 0.717) is 12.6 Å². The van der Waals surface area contributed by atoms with Gasteiger partial charge in [-0.1, -0.05) is 48.0 Å². The predicted octanol–water partition coefficient (Wildman–Crippen LogP) is 3.55. The van der Waals surface area contributed by atoms with Crippen LogP contribution in [0.1, 0.15) is 44.9 Å². The van der Waals surface area contributed by atoms with Crippen LogP contribution < -0.4 is 15.5 Å². The Bertz CT molecular complexity index is 645. The third-order valence-corrected chi connectivity index (χ3v) is 6.44. The molecule has 5 nitrogen and oxygen atoms in total. The molecule has 142 valence electrons. The number of rotatable bonds is 3. The summed E-state index contributed by atoms with van der Waals surface area (Å²) in [5.41, 5.74) is 2.49. The van der Waals surface area contributed by atoms with Crippen LogP contribution >= 0.6 is 15.9 Å². The number of piperazine rings is 1. The molecule has 0 radical (unpaired) electrons. The number of amides is 1. The van der Waals surface area contributed by atoms with Crippen LogP contribution in [0.5, 0.6) is 0 Å². The van der Waals surface area contributed by atoms with E-state index in [4.69, 9.17) is 0 Å². The zero-order valence-corrected chi connectivity index (χ0v) is 16.9. The summed E-state index contributed by atoms with van der Waals surface area (Å²) in [6.45, 7) is 2.91. The summed E-state index contributed by atoms with van der Waals surface area (Å²) in [4.78, 5) is 16.9. The van der Waals surface area contributed by atoms with Crippen LogP contribution in [0.2, 0.25) is 0 Å². The Morgan fingerprint density at radius 1 is 1.12 bits per heavy atom. The molecule has 26 heavy (non-hydrogen) atoms. The highest BCUT2D eigenvalue weighted by atomic mass is 79.9. The Labute approximate surface area is 164 Å². The van der Waals surface area contributed by atoms with Crippen molar-refractivity contribution < 1.29 is 4.79 Å². The fourth-order valence-corrected chi connectivity index (χ4v) is 4.97. The lowest BCUT2D eigenvalue weighted by Crippen LogP contribution is -2.55. The Kier molecular flexibility index (Phi) is 5.69. The molecule has 2 aliphatic heterocycles. The van der Waals surface area contributed by atoms with Crippen LogP contribution in [0.3, 0.4) is 0 Å². The Hall–Kier alpha value is -1.27. The van der Waals surface area contributed by atoms with E-state index in [1.807, 2.05) is 4.90 Å². The molecule has 2 N–H and O–H groups in total. The molecule has 1 aliphatic carbocycles. The van der Waals surface area contributed by atoms with Gasteiger partial charge in [-0.15, -0.1) is 0 Å². The van der Waals surface area contributed by atoms with Crippen LogP contribution in [-0.2, 0) is 4.79 Å². The SMILES string of the molecule is O=C1CNCCN1CC1Nc2cc(Br)ccc2N1C1CCCCCCC1. The van der Waals surface area contributed by atoms with Crippen molar-refractivity contribution in [3.05, 3.63) is 22.7 Å². The van der Waals surface area contributed by atoms with Crippen molar-refractivity contribution in [1.82, 2.24) is 10.2 Å². The van der Waals surface area contributed by atoms with Crippen LogP contribution in [0.4, 0.5) is 11.4 Å². The number of carbonyl (C=O) groups excluding carboxylic acids is 1. The summed E-state index contributed by atoms with van der Waals surface area (Å²) in [6.07, 6.45) is 9.39. The Balaban J connectivity index is 1.58. The van der Waals surface area contributed by atoms with E-state index in [0.717, 1.165) is 24.1 Å². The number of hydrogen-bond acceptors (Lipinski definition) is 4. The first-order valence-corrected chi connectivity index (χ1v) is 10.8. The highest BCUT2D eigenvalue weighted by Gasteiger charge is 2.36. The molecule has 4 rings (SSSR count). The average molecular weight is 421 g/mol. The molecule has 1 amide bonds. The molecular formula is C20H29BrN4O. The summed E-state index contributed by atoms with van der Waals surface area (Å²) < 4.78 is 1.10. The zero-order chi connectivity index (χ0) is 17.9. The lowest BCUT2D eigenvalue weighted by Gasteiger charge is -2.39. The first kappa shape index (κ1) is 18.1. The molecule has 1 aromatic carbocycles. The van der Waals surface area contributed by atoms with Crippen molar-refractivity contribution in [2.75, 3.05) is 36.4 Å². The number of nitrogens with one attached hydrogen (secondary N) is 2. The number of anilines is 2. The van der Waals surface area contributed by atoms with Crippen molar-refractivity contribution >= 4 is 33.2 Å². The first-order chi connectivity index (χ1) is 12.7. The van der Waals surface area contributed by atoms with Crippen LogP contribution in [-0.4, -0.2) is 49.2 Å².